The Morgan fingerprint density at radius 3 is 2.52 bits per heavy atom. The van der Waals surface area contributed by atoms with E-state index in [1.54, 1.807) is 29.2 Å². The highest BCUT2D eigenvalue weighted by Crippen LogP contribution is 2.20. The number of amides is 1. The first-order valence-electron chi connectivity index (χ1n) is 7.02. The van der Waals surface area contributed by atoms with E-state index < -0.39 is 5.97 Å². The molecule has 5 nitrogen and oxygen atoms in total. The van der Waals surface area contributed by atoms with Crippen molar-refractivity contribution in [2.24, 2.45) is 0 Å². The van der Waals surface area contributed by atoms with Crippen LogP contribution in [0.5, 0.6) is 5.75 Å². The Labute approximate surface area is 124 Å². The molecule has 112 valence electrons. The molecule has 1 amide bonds. The van der Waals surface area contributed by atoms with Crippen LogP contribution in [0.4, 0.5) is 0 Å². The molecule has 1 fully saturated rings. The van der Waals surface area contributed by atoms with E-state index >= 15 is 0 Å². The van der Waals surface area contributed by atoms with Crippen molar-refractivity contribution in [3.8, 4) is 5.75 Å². The van der Waals surface area contributed by atoms with Crippen molar-refractivity contribution in [3.05, 3.63) is 42.5 Å². The lowest BCUT2D eigenvalue weighted by Crippen LogP contribution is -2.48. The molecule has 0 radical (unpaired) electrons. The van der Waals surface area contributed by atoms with Crippen LogP contribution in [-0.2, 0) is 4.79 Å². The average molecular weight is 288 g/mol. The van der Waals surface area contributed by atoms with Gasteiger partial charge in [-0.15, -0.1) is 6.58 Å². The highest BCUT2D eigenvalue weighted by atomic mass is 16.5. The molecule has 1 heterocycles. The van der Waals surface area contributed by atoms with Gasteiger partial charge in [0.2, 0.25) is 0 Å². The van der Waals surface area contributed by atoms with Gasteiger partial charge in [-0.05, 0) is 12.1 Å². The minimum absolute atomic E-state index is 0.0925. The lowest BCUT2D eigenvalue weighted by molar-refractivity contribution is -0.131. The largest absolute Gasteiger partial charge is 0.426 e. The van der Waals surface area contributed by atoms with Crippen LogP contribution in [0.15, 0.2) is 36.9 Å². The fourth-order valence-electron chi connectivity index (χ4n) is 2.37. The molecule has 1 saturated heterocycles. The summed E-state index contributed by atoms with van der Waals surface area (Å²) in [4.78, 5) is 27.7. The van der Waals surface area contributed by atoms with Crippen molar-refractivity contribution in [1.82, 2.24) is 9.80 Å². The van der Waals surface area contributed by atoms with Crippen LogP contribution < -0.4 is 4.74 Å². The summed E-state index contributed by atoms with van der Waals surface area (Å²) in [5, 5.41) is 0. The number of rotatable bonds is 4. The third kappa shape index (κ3) is 3.92. The number of ether oxygens (including phenoxy) is 1. The van der Waals surface area contributed by atoms with Gasteiger partial charge in [0.25, 0.3) is 5.91 Å². The standard InChI is InChI=1S/C16H20N2O3/c1-3-8-17-9-11-18(12-10-17)16(20)14-6-4-5-7-15(14)21-13(2)19/h3-7H,1,8-12H2,2H3. The zero-order valence-corrected chi connectivity index (χ0v) is 12.2. The molecule has 0 aliphatic carbocycles. The number of carbonyl (C=O) groups excluding carboxylic acids is 2. The van der Waals surface area contributed by atoms with E-state index in [9.17, 15) is 9.59 Å². The third-order valence-corrected chi connectivity index (χ3v) is 3.42. The SMILES string of the molecule is C=CCN1CCN(C(=O)c2ccccc2OC(C)=O)CC1. The zero-order valence-electron chi connectivity index (χ0n) is 12.2. The van der Waals surface area contributed by atoms with E-state index in [4.69, 9.17) is 4.74 Å². The molecule has 1 aliphatic rings. The first kappa shape index (κ1) is 15.3. The maximum absolute atomic E-state index is 12.6. The summed E-state index contributed by atoms with van der Waals surface area (Å²) in [5.41, 5.74) is 0.435. The Kier molecular flexibility index (Phi) is 5.11. The molecule has 1 aliphatic heterocycles. The Bertz CT molecular complexity index is 534. The molecule has 0 atom stereocenters. The molecule has 0 saturated carbocycles. The van der Waals surface area contributed by atoms with Crippen LogP contribution in [-0.4, -0.2) is 54.4 Å². The topological polar surface area (TPSA) is 49.9 Å². The van der Waals surface area contributed by atoms with Crippen molar-refractivity contribution < 1.29 is 14.3 Å². The van der Waals surface area contributed by atoms with E-state index in [1.807, 2.05) is 6.08 Å². The zero-order chi connectivity index (χ0) is 15.2. The van der Waals surface area contributed by atoms with Gasteiger partial charge in [-0.1, -0.05) is 18.2 Å². The van der Waals surface area contributed by atoms with Crippen LogP contribution in [0.2, 0.25) is 0 Å². The summed E-state index contributed by atoms with van der Waals surface area (Å²) in [6.45, 7) is 8.88. The first-order chi connectivity index (χ1) is 10.1. The summed E-state index contributed by atoms with van der Waals surface area (Å²) in [6.07, 6.45) is 1.87. The van der Waals surface area contributed by atoms with E-state index in [1.165, 1.54) is 6.92 Å². The minimum Gasteiger partial charge on any atom is -0.426 e. The van der Waals surface area contributed by atoms with Crippen molar-refractivity contribution in [1.29, 1.82) is 0 Å². The summed E-state index contributed by atoms with van der Waals surface area (Å²) < 4.78 is 5.11. The van der Waals surface area contributed by atoms with Gasteiger partial charge in [0.05, 0.1) is 5.56 Å². The molecule has 0 aromatic heterocycles. The Morgan fingerprint density at radius 1 is 1.24 bits per heavy atom. The molecule has 5 heteroatoms. The molecule has 0 bridgehead atoms. The fraction of sp³-hybridized carbons (Fsp3) is 0.375. The molecule has 0 N–H and O–H groups in total. The summed E-state index contributed by atoms with van der Waals surface area (Å²) in [5.74, 6) is -0.195. The van der Waals surface area contributed by atoms with Gasteiger partial charge in [0, 0.05) is 39.6 Å². The first-order valence-corrected chi connectivity index (χ1v) is 7.02. The second kappa shape index (κ2) is 7.04. The number of hydrogen-bond donors (Lipinski definition) is 0. The smallest absolute Gasteiger partial charge is 0.308 e. The fourth-order valence-corrected chi connectivity index (χ4v) is 2.37. The molecule has 0 unspecified atom stereocenters. The van der Waals surface area contributed by atoms with Gasteiger partial charge >= 0.3 is 5.97 Å². The predicted octanol–water partition coefficient (Wildman–Crippen LogP) is 1.56. The number of carbonyl (C=O) groups is 2. The Hall–Kier alpha value is -2.14. The van der Waals surface area contributed by atoms with Gasteiger partial charge in [-0.2, -0.15) is 0 Å². The maximum Gasteiger partial charge on any atom is 0.308 e. The lowest BCUT2D eigenvalue weighted by atomic mass is 10.1. The predicted molar refractivity (Wildman–Crippen MR) is 80.3 cm³/mol. The highest BCUT2D eigenvalue weighted by Gasteiger charge is 2.24. The Morgan fingerprint density at radius 2 is 1.90 bits per heavy atom. The monoisotopic (exact) mass is 288 g/mol. The Balaban J connectivity index is 2.07. The summed E-state index contributed by atoms with van der Waals surface area (Å²) >= 11 is 0. The number of nitrogens with zero attached hydrogens (tertiary/aromatic N) is 2. The molecule has 2 rings (SSSR count). The quantitative estimate of drug-likeness (QED) is 0.479. The second-order valence-electron chi connectivity index (χ2n) is 4.97. The van der Waals surface area contributed by atoms with E-state index in [0.717, 1.165) is 19.6 Å². The van der Waals surface area contributed by atoms with Gasteiger partial charge in [0.1, 0.15) is 5.75 Å². The minimum atomic E-state index is -0.425. The van der Waals surface area contributed by atoms with E-state index in [0.29, 0.717) is 24.4 Å². The second-order valence-corrected chi connectivity index (χ2v) is 4.97. The number of esters is 1. The highest BCUT2D eigenvalue weighted by molar-refractivity contribution is 5.97. The number of para-hydroxylation sites is 1. The van der Waals surface area contributed by atoms with Crippen LogP contribution in [0, 0.1) is 0 Å². The van der Waals surface area contributed by atoms with Gasteiger partial charge < -0.3 is 9.64 Å². The molecule has 1 aromatic rings. The lowest BCUT2D eigenvalue weighted by Gasteiger charge is -2.34. The molecule has 1 aromatic carbocycles. The molecular formula is C16H20N2O3. The van der Waals surface area contributed by atoms with E-state index in [2.05, 4.69) is 11.5 Å². The van der Waals surface area contributed by atoms with Gasteiger partial charge in [0.15, 0.2) is 0 Å². The maximum atomic E-state index is 12.6. The van der Waals surface area contributed by atoms with Gasteiger partial charge in [-0.25, -0.2) is 0 Å². The van der Waals surface area contributed by atoms with Crippen LogP contribution >= 0.6 is 0 Å². The average Bonchev–Trinajstić information content (AvgIpc) is 2.48. The molecule has 0 spiro atoms. The third-order valence-electron chi connectivity index (χ3n) is 3.42. The van der Waals surface area contributed by atoms with E-state index in [-0.39, 0.29) is 5.91 Å². The van der Waals surface area contributed by atoms with Crippen molar-refractivity contribution in [2.45, 2.75) is 6.92 Å². The van der Waals surface area contributed by atoms with Crippen molar-refractivity contribution in [2.75, 3.05) is 32.7 Å². The molecule has 21 heavy (non-hydrogen) atoms. The van der Waals surface area contributed by atoms with Crippen molar-refractivity contribution in [3.63, 3.8) is 0 Å². The van der Waals surface area contributed by atoms with Crippen molar-refractivity contribution >= 4 is 11.9 Å². The normalized spacial score (nSPS) is 15.6. The number of benzene rings is 1. The summed E-state index contributed by atoms with van der Waals surface area (Å²) in [6, 6.07) is 6.85. The molecular weight excluding hydrogens is 268 g/mol. The number of piperazine rings is 1. The summed E-state index contributed by atoms with van der Waals surface area (Å²) in [7, 11) is 0. The van der Waals surface area contributed by atoms with Crippen LogP contribution in [0.25, 0.3) is 0 Å². The van der Waals surface area contributed by atoms with Crippen LogP contribution in [0.3, 0.4) is 0 Å². The van der Waals surface area contributed by atoms with Gasteiger partial charge in [-0.3, -0.25) is 14.5 Å². The number of hydrogen-bond acceptors (Lipinski definition) is 4. The van der Waals surface area contributed by atoms with Crippen LogP contribution in [0.1, 0.15) is 17.3 Å².